The van der Waals surface area contributed by atoms with Crippen LogP contribution in [0.25, 0.3) is 11.0 Å². The van der Waals surface area contributed by atoms with E-state index in [2.05, 4.69) is 21.5 Å². The molecule has 0 aliphatic carbocycles. The summed E-state index contributed by atoms with van der Waals surface area (Å²) in [5.41, 5.74) is 1.56. The van der Waals surface area contributed by atoms with Crippen LogP contribution in [-0.4, -0.2) is 63.8 Å². The summed E-state index contributed by atoms with van der Waals surface area (Å²) in [5.74, 6) is 0.982. The third kappa shape index (κ3) is 4.77. The largest absolute Gasteiger partial charge is 0.351 e. The van der Waals surface area contributed by atoms with Crippen LogP contribution in [0.4, 0.5) is 0 Å². The fourth-order valence-corrected chi connectivity index (χ4v) is 6.44. The Morgan fingerprint density at radius 3 is 2.38 bits per heavy atom. The van der Waals surface area contributed by atoms with E-state index in [0.717, 1.165) is 37.3 Å². The number of benzene rings is 1. The molecule has 1 amide bonds. The molecule has 0 N–H and O–H groups in total. The van der Waals surface area contributed by atoms with Crippen LogP contribution in [-0.2, 0) is 27.8 Å². The van der Waals surface area contributed by atoms with E-state index < -0.39 is 10.0 Å². The fourth-order valence-electron chi connectivity index (χ4n) is 4.96. The van der Waals surface area contributed by atoms with Gasteiger partial charge in [-0.2, -0.15) is 4.31 Å². The minimum atomic E-state index is -3.54. The van der Waals surface area contributed by atoms with Gasteiger partial charge in [-0.05, 0) is 50.1 Å². The van der Waals surface area contributed by atoms with Crippen molar-refractivity contribution in [3.05, 3.63) is 48.5 Å². The minimum absolute atomic E-state index is 0.158. The number of hydrogen-bond donors (Lipinski definition) is 0. The maximum atomic E-state index is 12.9. The summed E-state index contributed by atoms with van der Waals surface area (Å²) >= 11 is 0. The Bertz CT molecular complexity index is 1220. The van der Waals surface area contributed by atoms with Gasteiger partial charge < -0.3 is 14.0 Å². The fraction of sp³-hybridized carbons (Fsp3) is 0.520. The lowest BCUT2D eigenvalue weighted by atomic mass is 10.0. The molecule has 8 nitrogen and oxygen atoms in total. The SMILES string of the molecule is CCN(CC)S(=O)(=O)c1ccc2c(c1)nc(CCC(=O)N1CCC(n3cccc3)CC1)n2CC. The molecule has 3 heterocycles. The number of carbonyl (C=O) groups is 1. The summed E-state index contributed by atoms with van der Waals surface area (Å²) in [6.45, 7) is 8.83. The molecule has 0 radical (unpaired) electrons. The Labute approximate surface area is 202 Å². The lowest BCUT2D eigenvalue weighted by Crippen LogP contribution is -2.39. The number of nitrogens with zero attached hydrogens (tertiary/aromatic N) is 5. The molecule has 3 aromatic rings. The van der Waals surface area contributed by atoms with Gasteiger partial charge >= 0.3 is 0 Å². The molecule has 0 unspecified atom stereocenters. The van der Waals surface area contributed by atoms with Crippen LogP contribution in [0, 0.1) is 0 Å². The van der Waals surface area contributed by atoms with Gasteiger partial charge in [0, 0.05) is 64.0 Å². The van der Waals surface area contributed by atoms with Crippen LogP contribution in [0.1, 0.15) is 51.9 Å². The zero-order valence-electron chi connectivity index (χ0n) is 20.4. The van der Waals surface area contributed by atoms with E-state index in [1.165, 1.54) is 4.31 Å². The Morgan fingerprint density at radius 2 is 1.76 bits per heavy atom. The van der Waals surface area contributed by atoms with Crippen LogP contribution in [0.15, 0.2) is 47.6 Å². The average Bonchev–Trinajstić information content (AvgIpc) is 3.50. The second-order valence-electron chi connectivity index (χ2n) is 8.75. The number of aryl methyl sites for hydroxylation is 2. The van der Waals surface area contributed by atoms with Gasteiger partial charge in [-0.15, -0.1) is 0 Å². The summed E-state index contributed by atoms with van der Waals surface area (Å²) in [4.78, 5) is 19.9. The van der Waals surface area contributed by atoms with Gasteiger partial charge in [-0.25, -0.2) is 13.4 Å². The summed E-state index contributed by atoms with van der Waals surface area (Å²) in [6, 6.07) is 9.70. The second-order valence-corrected chi connectivity index (χ2v) is 10.7. The highest BCUT2D eigenvalue weighted by atomic mass is 32.2. The Kier molecular flexibility index (Phi) is 7.42. The van der Waals surface area contributed by atoms with E-state index in [4.69, 9.17) is 4.98 Å². The standard InChI is InChI=1S/C25H35N5O3S/c1-4-29(5-2)34(32,33)21-9-10-23-22(19-21)26-24(30(23)6-3)11-12-25(31)28-17-13-20(14-18-28)27-15-7-8-16-27/h7-10,15-16,19-20H,4-6,11-14,17-18H2,1-3H3. The highest BCUT2D eigenvalue weighted by molar-refractivity contribution is 7.89. The summed E-state index contributed by atoms with van der Waals surface area (Å²) < 4.78 is 31.6. The van der Waals surface area contributed by atoms with Crippen molar-refractivity contribution in [2.45, 2.75) is 63.9 Å². The molecular formula is C25H35N5O3S. The number of piperidine rings is 1. The molecule has 1 saturated heterocycles. The van der Waals surface area contributed by atoms with Crippen LogP contribution in [0.3, 0.4) is 0 Å². The zero-order valence-corrected chi connectivity index (χ0v) is 21.2. The van der Waals surface area contributed by atoms with Crippen LogP contribution >= 0.6 is 0 Å². The van der Waals surface area contributed by atoms with Crippen molar-refractivity contribution >= 4 is 27.0 Å². The van der Waals surface area contributed by atoms with Gasteiger partial charge in [-0.3, -0.25) is 4.79 Å². The predicted molar refractivity (Wildman–Crippen MR) is 133 cm³/mol. The van der Waals surface area contributed by atoms with Crippen molar-refractivity contribution in [2.24, 2.45) is 0 Å². The van der Waals surface area contributed by atoms with Gasteiger partial charge in [0.1, 0.15) is 5.82 Å². The predicted octanol–water partition coefficient (Wildman–Crippen LogP) is 3.68. The summed E-state index contributed by atoms with van der Waals surface area (Å²) in [5, 5.41) is 0. The molecule has 0 spiro atoms. The molecule has 2 aromatic heterocycles. The lowest BCUT2D eigenvalue weighted by Gasteiger charge is -2.32. The number of rotatable bonds is 9. The zero-order chi connectivity index (χ0) is 24.3. The molecule has 1 aliphatic heterocycles. The highest BCUT2D eigenvalue weighted by Gasteiger charge is 2.25. The van der Waals surface area contributed by atoms with E-state index in [9.17, 15) is 13.2 Å². The van der Waals surface area contributed by atoms with Crippen LogP contribution in [0.2, 0.25) is 0 Å². The maximum Gasteiger partial charge on any atom is 0.243 e. The summed E-state index contributed by atoms with van der Waals surface area (Å²) in [7, 11) is -3.54. The van der Waals surface area contributed by atoms with Gasteiger partial charge in [0.05, 0.1) is 15.9 Å². The van der Waals surface area contributed by atoms with Crippen molar-refractivity contribution < 1.29 is 13.2 Å². The number of aromatic nitrogens is 3. The van der Waals surface area contributed by atoms with E-state index in [-0.39, 0.29) is 10.8 Å². The normalized spacial score (nSPS) is 15.5. The molecule has 1 aliphatic rings. The first-order valence-corrected chi connectivity index (χ1v) is 13.7. The molecule has 0 saturated carbocycles. The Balaban J connectivity index is 1.45. The van der Waals surface area contributed by atoms with Crippen molar-refractivity contribution in [3.63, 3.8) is 0 Å². The third-order valence-corrected chi connectivity index (χ3v) is 8.93. The minimum Gasteiger partial charge on any atom is -0.351 e. The molecule has 34 heavy (non-hydrogen) atoms. The van der Waals surface area contributed by atoms with Crippen molar-refractivity contribution in [3.8, 4) is 0 Å². The quantitative estimate of drug-likeness (QED) is 0.463. The second kappa shape index (κ2) is 10.3. The third-order valence-electron chi connectivity index (χ3n) is 6.89. The molecule has 1 aromatic carbocycles. The first-order chi connectivity index (χ1) is 16.4. The molecule has 1 fully saturated rings. The number of imidazole rings is 1. The monoisotopic (exact) mass is 485 g/mol. The first-order valence-electron chi connectivity index (χ1n) is 12.3. The number of likely N-dealkylation sites (tertiary alicyclic amines) is 1. The number of sulfonamides is 1. The van der Waals surface area contributed by atoms with Crippen LogP contribution in [0.5, 0.6) is 0 Å². The van der Waals surface area contributed by atoms with Crippen molar-refractivity contribution in [1.29, 1.82) is 0 Å². The number of hydrogen-bond acceptors (Lipinski definition) is 4. The van der Waals surface area contributed by atoms with Crippen molar-refractivity contribution in [1.82, 2.24) is 23.3 Å². The highest BCUT2D eigenvalue weighted by Crippen LogP contribution is 2.25. The maximum absolute atomic E-state index is 12.9. The average molecular weight is 486 g/mol. The topological polar surface area (TPSA) is 80.4 Å². The van der Waals surface area contributed by atoms with Gasteiger partial charge in [0.2, 0.25) is 15.9 Å². The number of carbonyl (C=O) groups excluding carboxylic acids is 1. The molecular weight excluding hydrogens is 450 g/mol. The van der Waals surface area contributed by atoms with Crippen molar-refractivity contribution in [2.75, 3.05) is 26.2 Å². The molecule has 0 bridgehead atoms. The molecule has 4 rings (SSSR count). The smallest absolute Gasteiger partial charge is 0.243 e. The lowest BCUT2D eigenvalue weighted by molar-refractivity contribution is -0.132. The van der Waals surface area contributed by atoms with E-state index in [0.29, 0.717) is 44.0 Å². The Hall–Kier alpha value is -2.65. The van der Waals surface area contributed by atoms with Gasteiger partial charge in [0.25, 0.3) is 0 Å². The van der Waals surface area contributed by atoms with E-state index >= 15 is 0 Å². The van der Waals surface area contributed by atoms with Gasteiger partial charge in [-0.1, -0.05) is 13.8 Å². The van der Waals surface area contributed by atoms with E-state index in [1.807, 2.05) is 43.9 Å². The molecule has 184 valence electrons. The molecule has 0 atom stereocenters. The van der Waals surface area contributed by atoms with Gasteiger partial charge in [0.15, 0.2) is 0 Å². The van der Waals surface area contributed by atoms with E-state index in [1.54, 1.807) is 12.1 Å². The van der Waals surface area contributed by atoms with Crippen LogP contribution < -0.4 is 0 Å². The first kappa shape index (κ1) is 24.5. The number of amides is 1. The summed E-state index contributed by atoms with van der Waals surface area (Å²) in [6.07, 6.45) is 7.07. The Morgan fingerprint density at radius 1 is 1.09 bits per heavy atom. The molecule has 9 heteroatoms. The number of fused-ring (bicyclic) bond motifs is 1.